The van der Waals surface area contributed by atoms with Crippen molar-refractivity contribution in [2.24, 2.45) is 0 Å². The molecule has 0 aromatic rings. The van der Waals surface area contributed by atoms with Crippen LogP contribution in [0, 0.1) is 0 Å². The van der Waals surface area contributed by atoms with E-state index in [1.807, 2.05) is 27.2 Å². The van der Waals surface area contributed by atoms with Gasteiger partial charge in [0, 0.05) is 6.42 Å². The summed E-state index contributed by atoms with van der Waals surface area (Å²) in [4.78, 5) is 23.1. The minimum absolute atomic E-state index is 0.0599. The molecular weight excluding hydrogens is 864 g/mol. The third-order valence-corrected chi connectivity index (χ3v) is 13.1. The second kappa shape index (κ2) is 49.7. The number of allylic oxidation sites excluding steroid dienone is 13. The number of aliphatic hydroxyl groups is 1. The van der Waals surface area contributed by atoms with E-state index in [9.17, 15) is 19.4 Å². The summed E-state index contributed by atoms with van der Waals surface area (Å²) in [7, 11) is 1.57. The van der Waals surface area contributed by atoms with Gasteiger partial charge >= 0.3 is 7.82 Å². The third kappa shape index (κ3) is 51.5. The summed E-state index contributed by atoms with van der Waals surface area (Å²) in [6.07, 6.45) is 70.1. The Hall–Kier alpha value is -2.32. The number of amides is 1. The first-order chi connectivity index (χ1) is 33.0. The molecule has 3 unspecified atom stereocenters. The van der Waals surface area contributed by atoms with Crippen LogP contribution >= 0.6 is 7.82 Å². The topological polar surface area (TPSA) is 105 Å². The van der Waals surface area contributed by atoms with Crippen LogP contribution in [-0.2, 0) is 18.4 Å². The number of nitrogens with zero attached hydrogens (tertiary/aromatic N) is 1. The highest BCUT2D eigenvalue weighted by Crippen LogP contribution is 2.43. The molecule has 0 saturated heterocycles. The Morgan fingerprint density at radius 1 is 0.515 bits per heavy atom. The molecule has 0 aliphatic rings. The lowest BCUT2D eigenvalue weighted by molar-refractivity contribution is -0.870. The number of hydrogen-bond donors (Lipinski definition) is 3. The molecule has 0 heterocycles. The Balaban J connectivity index is 3.82. The van der Waals surface area contributed by atoms with E-state index in [-0.39, 0.29) is 19.1 Å². The highest BCUT2D eigenvalue weighted by molar-refractivity contribution is 7.47. The maximum absolute atomic E-state index is 12.9. The predicted octanol–water partition coefficient (Wildman–Crippen LogP) is 16.9. The van der Waals surface area contributed by atoms with Crippen molar-refractivity contribution < 1.29 is 32.9 Å². The number of rotatable bonds is 50. The maximum atomic E-state index is 12.9. The number of likely N-dealkylation sites (N-methyl/N-ethyl adjacent to an activating group) is 1. The first-order valence-electron chi connectivity index (χ1n) is 28.0. The first kappa shape index (κ1) is 65.7. The Morgan fingerprint density at radius 2 is 0.882 bits per heavy atom. The van der Waals surface area contributed by atoms with Gasteiger partial charge in [-0.25, -0.2) is 4.57 Å². The lowest BCUT2D eigenvalue weighted by Gasteiger charge is -2.25. The van der Waals surface area contributed by atoms with Crippen LogP contribution < -0.4 is 5.32 Å². The molecule has 8 nitrogen and oxygen atoms in total. The molecule has 0 bridgehead atoms. The number of phosphoric acid groups is 1. The van der Waals surface area contributed by atoms with E-state index in [0.29, 0.717) is 17.4 Å². The molecule has 0 aliphatic heterocycles. The van der Waals surface area contributed by atoms with E-state index < -0.39 is 20.0 Å². The number of phosphoric ester groups is 1. The molecule has 3 N–H and O–H groups in total. The first-order valence-corrected chi connectivity index (χ1v) is 29.5. The summed E-state index contributed by atoms with van der Waals surface area (Å²) in [6, 6.07) is -0.844. The van der Waals surface area contributed by atoms with Crippen LogP contribution in [0.4, 0.5) is 0 Å². The van der Waals surface area contributed by atoms with Crippen molar-refractivity contribution in [2.75, 3.05) is 40.9 Å². The summed E-state index contributed by atoms with van der Waals surface area (Å²) in [6.45, 7) is 4.64. The van der Waals surface area contributed by atoms with Gasteiger partial charge in [0.15, 0.2) is 0 Å². The van der Waals surface area contributed by atoms with Crippen LogP contribution in [-0.4, -0.2) is 73.4 Å². The van der Waals surface area contributed by atoms with E-state index in [1.54, 1.807) is 6.08 Å². The molecule has 68 heavy (non-hydrogen) atoms. The average Bonchev–Trinajstić information content (AvgIpc) is 3.30. The van der Waals surface area contributed by atoms with Gasteiger partial charge in [-0.1, -0.05) is 240 Å². The van der Waals surface area contributed by atoms with Crippen molar-refractivity contribution in [3.05, 3.63) is 85.1 Å². The molecule has 394 valence electrons. The van der Waals surface area contributed by atoms with Gasteiger partial charge in [0.1, 0.15) is 13.2 Å². The fourth-order valence-corrected chi connectivity index (χ4v) is 8.49. The average molecular weight is 972 g/mol. The smallest absolute Gasteiger partial charge is 0.387 e. The normalized spacial score (nSPS) is 14.6. The van der Waals surface area contributed by atoms with Gasteiger partial charge in [-0.2, -0.15) is 0 Å². The van der Waals surface area contributed by atoms with Crippen molar-refractivity contribution in [1.82, 2.24) is 5.32 Å². The molecule has 0 spiro atoms. The lowest BCUT2D eigenvalue weighted by Crippen LogP contribution is -2.45. The number of carbonyl (C=O) groups excluding carboxylic acids is 1. The fraction of sp³-hybridized carbons (Fsp3) is 0.746. The summed E-state index contributed by atoms with van der Waals surface area (Å²) < 4.78 is 23.5. The quantitative estimate of drug-likeness (QED) is 0.0243. The molecule has 0 radical (unpaired) electrons. The number of aliphatic hydroxyl groups excluding tert-OH is 1. The van der Waals surface area contributed by atoms with Crippen molar-refractivity contribution >= 4 is 13.7 Å². The zero-order chi connectivity index (χ0) is 49.9. The number of hydrogen-bond acceptors (Lipinski definition) is 5. The molecule has 3 atom stereocenters. The lowest BCUT2D eigenvalue weighted by atomic mass is 10.0. The van der Waals surface area contributed by atoms with Gasteiger partial charge in [0.2, 0.25) is 5.91 Å². The monoisotopic (exact) mass is 972 g/mol. The van der Waals surface area contributed by atoms with Crippen LogP contribution in [0.15, 0.2) is 85.1 Å². The van der Waals surface area contributed by atoms with Crippen LogP contribution in [0.2, 0.25) is 0 Å². The van der Waals surface area contributed by atoms with Crippen molar-refractivity contribution in [3.63, 3.8) is 0 Å². The third-order valence-electron chi connectivity index (χ3n) is 12.1. The van der Waals surface area contributed by atoms with Gasteiger partial charge in [0.05, 0.1) is 39.9 Å². The molecule has 9 heteroatoms. The maximum Gasteiger partial charge on any atom is 0.472 e. The number of quaternary nitrogens is 1. The largest absolute Gasteiger partial charge is 0.472 e. The SMILES string of the molecule is CC/C=C\C/C=C\C/C=C\C/C=C\C/C=C\C/C=C\CCCCCCCCCCCCCCCCCCCCCCC(=O)NC(COP(=O)(O)OCC[N+](C)(C)C)C(O)/C=C/CCCCCCC. The van der Waals surface area contributed by atoms with E-state index in [4.69, 9.17) is 9.05 Å². The molecule has 0 aliphatic carbocycles. The standard InChI is InChI=1S/C59H107N2O6P/c1-6-8-10-12-14-15-16-17-18-19-20-21-22-23-24-25-26-27-28-29-30-31-32-33-34-35-36-37-38-39-40-41-42-43-44-45-47-49-51-53-59(63)60-57(58(62)52-50-48-46-13-11-9-7-2)56-67-68(64,65)66-55-54-61(3,4)5/h8,10,14-15,17-18,20-21,23-24,26-27,50,52,57-58,62H,6-7,9,11-13,16,19,22,25,28-49,51,53-56H2,1-5H3,(H-,60,63,64,65)/p+1/b10-8-,15-14-,18-17-,21-20-,24-23-,27-26-,52-50+. The number of carbonyl (C=O) groups is 1. The van der Waals surface area contributed by atoms with Gasteiger partial charge in [-0.05, 0) is 70.6 Å². The summed E-state index contributed by atoms with van der Waals surface area (Å²) in [5, 5.41) is 13.7. The number of nitrogens with one attached hydrogen (secondary N) is 1. The minimum Gasteiger partial charge on any atom is -0.387 e. The van der Waals surface area contributed by atoms with Crippen LogP contribution in [0.1, 0.15) is 232 Å². The van der Waals surface area contributed by atoms with E-state index >= 15 is 0 Å². The molecule has 0 fully saturated rings. The molecule has 1 amide bonds. The van der Waals surface area contributed by atoms with Crippen LogP contribution in [0.5, 0.6) is 0 Å². The minimum atomic E-state index is -4.33. The Morgan fingerprint density at radius 3 is 1.29 bits per heavy atom. The fourth-order valence-electron chi connectivity index (χ4n) is 7.75. The Bertz CT molecular complexity index is 1380. The molecule has 0 aromatic heterocycles. The van der Waals surface area contributed by atoms with E-state index in [0.717, 1.165) is 77.0 Å². The molecule has 0 saturated carbocycles. The Kier molecular flexibility index (Phi) is 48.0. The molecule has 0 rings (SSSR count). The highest BCUT2D eigenvalue weighted by atomic mass is 31.2. The van der Waals surface area contributed by atoms with E-state index in [2.05, 4.69) is 92.1 Å². The van der Waals surface area contributed by atoms with Gasteiger partial charge < -0.3 is 19.8 Å². The summed E-state index contributed by atoms with van der Waals surface area (Å²) in [5.41, 5.74) is 0. The Labute approximate surface area is 420 Å². The summed E-state index contributed by atoms with van der Waals surface area (Å²) in [5.74, 6) is -0.181. The number of unbranched alkanes of at least 4 members (excludes halogenated alkanes) is 25. The highest BCUT2D eigenvalue weighted by Gasteiger charge is 2.27. The van der Waals surface area contributed by atoms with E-state index in [1.165, 1.54) is 135 Å². The summed E-state index contributed by atoms with van der Waals surface area (Å²) >= 11 is 0. The second-order valence-electron chi connectivity index (χ2n) is 19.9. The predicted molar refractivity (Wildman–Crippen MR) is 295 cm³/mol. The van der Waals surface area contributed by atoms with Gasteiger partial charge in [0.25, 0.3) is 0 Å². The molecule has 0 aromatic carbocycles. The molecular formula is C59H108N2O6P+. The zero-order valence-corrected chi connectivity index (χ0v) is 45.7. The van der Waals surface area contributed by atoms with Crippen LogP contribution in [0.25, 0.3) is 0 Å². The van der Waals surface area contributed by atoms with Crippen LogP contribution in [0.3, 0.4) is 0 Å². The van der Waals surface area contributed by atoms with Gasteiger partial charge in [-0.15, -0.1) is 0 Å². The van der Waals surface area contributed by atoms with Gasteiger partial charge in [-0.3, -0.25) is 13.8 Å². The second-order valence-corrected chi connectivity index (χ2v) is 21.4. The van der Waals surface area contributed by atoms with Crippen molar-refractivity contribution in [2.45, 2.75) is 244 Å². The zero-order valence-electron chi connectivity index (χ0n) is 44.8. The van der Waals surface area contributed by atoms with Crippen molar-refractivity contribution in [1.29, 1.82) is 0 Å². The van der Waals surface area contributed by atoms with Crippen molar-refractivity contribution in [3.8, 4) is 0 Å².